The van der Waals surface area contributed by atoms with Crippen LogP contribution in [-0.4, -0.2) is 45.6 Å². The van der Waals surface area contributed by atoms with E-state index in [-0.39, 0.29) is 18.2 Å². The number of amides is 3. The average Bonchev–Trinajstić information content (AvgIpc) is 2.76. The highest BCUT2D eigenvalue weighted by molar-refractivity contribution is 5.93. The number of benzene rings is 2. The van der Waals surface area contributed by atoms with Gasteiger partial charge in [0.25, 0.3) is 5.91 Å². The van der Waals surface area contributed by atoms with E-state index >= 15 is 0 Å². The van der Waals surface area contributed by atoms with Gasteiger partial charge in [-0.3, -0.25) is 14.5 Å². The summed E-state index contributed by atoms with van der Waals surface area (Å²) in [6.07, 6.45) is 5.02. The molecule has 0 saturated heterocycles. The molecule has 0 aliphatic rings. The lowest BCUT2D eigenvalue weighted by molar-refractivity contribution is -0.138. The van der Waals surface area contributed by atoms with Crippen LogP contribution in [0.5, 0.6) is 5.75 Å². The molecule has 0 radical (unpaired) electrons. The van der Waals surface area contributed by atoms with E-state index in [1.807, 2.05) is 0 Å². The Kier molecular flexibility index (Phi) is 9.29. The van der Waals surface area contributed by atoms with Crippen molar-refractivity contribution in [2.24, 2.45) is 0 Å². The lowest BCUT2D eigenvalue weighted by Crippen LogP contribution is -2.52. The Bertz CT molecular complexity index is 1050. The highest BCUT2D eigenvalue weighted by Crippen LogP contribution is 2.23. The van der Waals surface area contributed by atoms with Crippen LogP contribution in [0.4, 0.5) is 4.79 Å². The van der Waals surface area contributed by atoms with Crippen molar-refractivity contribution in [3.63, 3.8) is 0 Å². The number of terminal acetylenes is 1. The van der Waals surface area contributed by atoms with E-state index in [4.69, 9.17) is 11.2 Å². The Labute approximate surface area is 206 Å². The number of hydrogen-bond acceptors (Lipinski definition) is 5. The number of phenolic OH excluding ortho intramolecular Hbond substituents is 1. The van der Waals surface area contributed by atoms with Crippen LogP contribution < -0.4 is 10.6 Å². The van der Waals surface area contributed by atoms with E-state index in [9.17, 15) is 19.5 Å². The molecule has 2 atom stereocenters. The molecule has 0 saturated carbocycles. The van der Waals surface area contributed by atoms with Gasteiger partial charge in [-0.05, 0) is 57.9 Å². The molecular formula is C27H33N3O5. The number of aromatic hydroxyl groups is 1. The number of nitrogens with one attached hydrogen (secondary N) is 2. The molecule has 186 valence electrons. The number of carbonyl (C=O) groups is 3. The second-order valence-corrected chi connectivity index (χ2v) is 9.38. The van der Waals surface area contributed by atoms with Crippen LogP contribution in [0.15, 0.2) is 54.6 Å². The highest BCUT2D eigenvalue weighted by Gasteiger charge is 2.36. The van der Waals surface area contributed by atoms with Crippen LogP contribution in [-0.2, 0) is 20.7 Å². The molecule has 2 unspecified atom stereocenters. The lowest BCUT2D eigenvalue weighted by atomic mass is 10.0. The molecule has 0 fully saturated rings. The molecule has 2 aromatic carbocycles. The molecule has 8 heteroatoms. The molecule has 8 nitrogen and oxygen atoms in total. The molecule has 3 N–H and O–H groups in total. The van der Waals surface area contributed by atoms with Crippen LogP contribution >= 0.6 is 0 Å². The Morgan fingerprint density at radius 2 is 1.63 bits per heavy atom. The number of alkyl carbamates (subject to hydrolysis) is 1. The minimum atomic E-state index is -1.14. The minimum absolute atomic E-state index is 0.0594. The molecule has 35 heavy (non-hydrogen) atoms. The minimum Gasteiger partial charge on any atom is -0.508 e. The molecular weight excluding hydrogens is 446 g/mol. The zero-order valence-electron chi connectivity index (χ0n) is 20.7. The monoisotopic (exact) mass is 479 g/mol. The summed E-state index contributed by atoms with van der Waals surface area (Å²) in [4.78, 5) is 40.5. The summed E-state index contributed by atoms with van der Waals surface area (Å²) < 4.78 is 5.34. The SMILES string of the molecule is C#CN(C(=O)C(Cc1ccc(O)cc1)NC(=O)OC(C)(C)C)C(C(=O)NC(C)C)c1ccccc1. The smallest absolute Gasteiger partial charge is 0.408 e. The van der Waals surface area contributed by atoms with E-state index < -0.39 is 35.6 Å². The normalized spacial score (nSPS) is 12.7. The third-order valence-electron chi connectivity index (χ3n) is 4.79. The second-order valence-electron chi connectivity index (χ2n) is 9.38. The van der Waals surface area contributed by atoms with E-state index in [1.165, 1.54) is 12.1 Å². The number of carbonyl (C=O) groups excluding carboxylic acids is 3. The summed E-state index contributed by atoms with van der Waals surface area (Å²) in [7, 11) is 0. The van der Waals surface area contributed by atoms with Gasteiger partial charge in [-0.2, -0.15) is 0 Å². The Hall–Kier alpha value is -3.99. The van der Waals surface area contributed by atoms with Gasteiger partial charge in [0.2, 0.25) is 5.91 Å². The molecule has 0 aliphatic carbocycles. The summed E-state index contributed by atoms with van der Waals surface area (Å²) in [5.41, 5.74) is 0.404. The van der Waals surface area contributed by atoms with Crippen LogP contribution in [0.3, 0.4) is 0 Å². The summed E-state index contributed by atoms with van der Waals surface area (Å²) in [5.74, 6) is -1.03. The maximum Gasteiger partial charge on any atom is 0.408 e. The number of ether oxygens (including phenoxy) is 1. The molecule has 3 amide bonds. The largest absolute Gasteiger partial charge is 0.508 e. The maximum absolute atomic E-state index is 13.7. The van der Waals surface area contributed by atoms with Crippen molar-refractivity contribution in [2.45, 2.75) is 64.8 Å². The molecule has 0 bridgehead atoms. The molecule has 0 aromatic heterocycles. The lowest BCUT2D eigenvalue weighted by Gasteiger charge is -2.31. The summed E-state index contributed by atoms with van der Waals surface area (Å²) in [6, 6.07) is 14.8. The van der Waals surface area contributed by atoms with Crippen molar-refractivity contribution in [3.05, 3.63) is 65.7 Å². The molecule has 2 aromatic rings. The topological polar surface area (TPSA) is 108 Å². The van der Waals surface area contributed by atoms with Crippen molar-refractivity contribution >= 4 is 17.9 Å². The van der Waals surface area contributed by atoms with Crippen molar-refractivity contribution in [1.29, 1.82) is 0 Å². The average molecular weight is 480 g/mol. The Morgan fingerprint density at radius 1 is 1.03 bits per heavy atom. The van der Waals surface area contributed by atoms with Crippen molar-refractivity contribution in [3.8, 4) is 18.2 Å². The van der Waals surface area contributed by atoms with Crippen molar-refractivity contribution in [1.82, 2.24) is 15.5 Å². The standard InChI is InChI=1S/C27H33N3O5/c1-7-30(23(24(32)28-18(2)3)20-11-9-8-10-12-20)25(33)22(29-26(34)35-27(4,5)6)17-19-13-15-21(31)16-14-19/h1,8-16,18,22-23,31H,17H2,2-6H3,(H,28,32)(H,29,34). The molecule has 0 spiro atoms. The van der Waals surface area contributed by atoms with E-state index in [0.717, 1.165) is 4.90 Å². The van der Waals surface area contributed by atoms with Crippen molar-refractivity contribution < 1.29 is 24.2 Å². The van der Waals surface area contributed by atoms with Gasteiger partial charge in [-0.1, -0.05) is 48.9 Å². The van der Waals surface area contributed by atoms with Gasteiger partial charge >= 0.3 is 6.09 Å². The highest BCUT2D eigenvalue weighted by atomic mass is 16.6. The Morgan fingerprint density at radius 3 is 2.14 bits per heavy atom. The Balaban J connectivity index is 2.45. The first-order chi connectivity index (χ1) is 16.4. The van der Waals surface area contributed by atoms with Crippen LogP contribution in [0.1, 0.15) is 51.8 Å². The molecule has 0 aliphatic heterocycles. The number of hydrogen-bond donors (Lipinski definition) is 3. The van der Waals surface area contributed by atoms with E-state index in [1.54, 1.807) is 77.1 Å². The zero-order chi connectivity index (χ0) is 26.2. The summed E-state index contributed by atoms with van der Waals surface area (Å²) >= 11 is 0. The van der Waals surface area contributed by atoms with Gasteiger partial charge in [0.1, 0.15) is 23.4 Å². The van der Waals surface area contributed by atoms with Crippen molar-refractivity contribution in [2.75, 3.05) is 0 Å². The van der Waals surface area contributed by atoms with Gasteiger partial charge in [0.05, 0.1) is 0 Å². The van der Waals surface area contributed by atoms with Gasteiger partial charge in [0, 0.05) is 18.5 Å². The third-order valence-corrected chi connectivity index (χ3v) is 4.79. The first kappa shape index (κ1) is 27.3. The van der Waals surface area contributed by atoms with Gasteiger partial charge in [-0.15, -0.1) is 0 Å². The first-order valence-electron chi connectivity index (χ1n) is 11.3. The van der Waals surface area contributed by atoms with Crippen LogP contribution in [0.2, 0.25) is 0 Å². The van der Waals surface area contributed by atoms with Gasteiger partial charge in [-0.25, -0.2) is 4.79 Å². The second kappa shape index (κ2) is 11.9. The molecule has 2 rings (SSSR count). The zero-order valence-corrected chi connectivity index (χ0v) is 20.7. The fourth-order valence-corrected chi connectivity index (χ4v) is 3.37. The van der Waals surface area contributed by atoms with Crippen LogP contribution in [0, 0.1) is 12.5 Å². The number of rotatable bonds is 8. The fraction of sp³-hybridized carbons (Fsp3) is 0.370. The molecule has 0 heterocycles. The van der Waals surface area contributed by atoms with Gasteiger partial charge in [0.15, 0.2) is 0 Å². The third kappa shape index (κ3) is 8.38. The predicted molar refractivity (Wildman–Crippen MR) is 133 cm³/mol. The summed E-state index contributed by atoms with van der Waals surface area (Å²) in [5, 5.41) is 15.0. The fourth-order valence-electron chi connectivity index (χ4n) is 3.37. The predicted octanol–water partition coefficient (Wildman–Crippen LogP) is 3.51. The summed E-state index contributed by atoms with van der Waals surface area (Å²) in [6.45, 7) is 8.73. The van der Waals surface area contributed by atoms with E-state index in [2.05, 4.69) is 16.7 Å². The first-order valence-corrected chi connectivity index (χ1v) is 11.3. The van der Waals surface area contributed by atoms with E-state index in [0.29, 0.717) is 11.1 Å². The number of phenols is 1. The van der Waals surface area contributed by atoms with Gasteiger partial charge < -0.3 is 20.5 Å². The number of nitrogens with zero attached hydrogens (tertiary/aromatic N) is 1. The maximum atomic E-state index is 13.7. The van der Waals surface area contributed by atoms with Crippen LogP contribution in [0.25, 0.3) is 0 Å². The quantitative estimate of drug-likeness (QED) is 0.397.